The number of aliphatic hydroxyl groups excluding tert-OH is 1. The molecule has 1 saturated carbocycles. The first-order chi connectivity index (χ1) is 9.99. The van der Waals surface area contributed by atoms with Gasteiger partial charge in [0.05, 0.1) is 12.7 Å². The Hall–Kier alpha value is -0.810. The summed E-state index contributed by atoms with van der Waals surface area (Å²) >= 11 is 0. The Labute approximate surface area is 128 Å². The maximum Gasteiger partial charge on any atom is 0.315 e. The zero-order valence-electron chi connectivity index (χ0n) is 13.7. The van der Waals surface area contributed by atoms with Gasteiger partial charge in [-0.1, -0.05) is 33.1 Å². The number of hydrogen-bond donors (Lipinski definition) is 3. The summed E-state index contributed by atoms with van der Waals surface area (Å²) in [4.78, 5) is 11.8. The van der Waals surface area contributed by atoms with Gasteiger partial charge in [0.2, 0.25) is 0 Å². The van der Waals surface area contributed by atoms with Crippen molar-refractivity contribution in [3.63, 3.8) is 0 Å². The average molecular weight is 300 g/mol. The molecule has 2 unspecified atom stereocenters. The van der Waals surface area contributed by atoms with E-state index in [1.54, 1.807) is 0 Å². The monoisotopic (exact) mass is 300 g/mol. The van der Waals surface area contributed by atoms with Crippen molar-refractivity contribution in [2.24, 2.45) is 11.8 Å². The number of carbonyl (C=O) groups excluding carboxylic acids is 1. The van der Waals surface area contributed by atoms with Crippen molar-refractivity contribution in [3.8, 4) is 0 Å². The summed E-state index contributed by atoms with van der Waals surface area (Å²) in [5, 5.41) is 15.4. The summed E-state index contributed by atoms with van der Waals surface area (Å²) in [5.74, 6) is 1.04. The van der Waals surface area contributed by atoms with Crippen molar-refractivity contribution in [2.75, 3.05) is 19.8 Å². The van der Waals surface area contributed by atoms with Gasteiger partial charge in [0, 0.05) is 19.2 Å². The van der Waals surface area contributed by atoms with Crippen LogP contribution in [0.3, 0.4) is 0 Å². The molecule has 1 aliphatic rings. The first kappa shape index (κ1) is 18.2. The van der Waals surface area contributed by atoms with Crippen LogP contribution in [0.5, 0.6) is 0 Å². The lowest BCUT2D eigenvalue weighted by Gasteiger charge is -2.28. The third kappa shape index (κ3) is 8.27. The fraction of sp³-hybridized carbons (Fsp3) is 0.938. The molecular weight excluding hydrogens is 268 g/mol. The number of ether oxygens (including phenoxy) is 1. The van der Waals surface area contributed by atoms with Crippen molar-refractivity contribution < 1.29 is 14.6 Å². The second-order valence-electron chi connectivity index (χ2n) is 6.63. The fourth-order valence-electron chi connectivity index (χ4n) is 2.72. The second kappa shape index (κ2) is 10.0. The molecule has 5 nitrogen and oxygen atoms in total. The summed E-state index contributed by atoms with van der Waals surface area (Å²) < 4.78 is 5.34. The standard InChI is InChI=1S/C16H32N2O3/c1-12(2)10-21-11-15(19)9-17-16(20)18-13(3)14-7-5-4-6-8-14/h12-15,19H,4-11H2,1-3H3,(H2,17,18,20). The highest BCUT2D eigenvalue weighted by atomic mass is 16.5. The molecule has 0 radical (unpaired) electrons. The topological polar surface area (TPSA) is 70.6 Å². The Balaban J connectivity index is 2.12. The van der Waals surface area contributed by atoms with E-state index in [0.29, 0.717) is 18.4 Å². The Morgan fingerprint density at radius 3 is 2.48 bits per heavy atom. The Bertz CT molecular complexity index is 291. The van der Waals surface area contributed by atoms with Gasteiger partial charge in [0.15, 0.2) is 0 Å². The summed E-state index contributed by atoms with van der Waals surface area (Å²) in [5.41, 5.74) is 0. The Morgan fingerprint density at radius 1 is 1.19 bits per heavy atom. The predicted molar refractivity (Wildman–Crippen MR) is 84.2 cm³/mol. The highest BCUT2D eigenvalue weighted by molar-refractivity contribution is 5.74. The van der Waals surface area contributed by atoms with Crippen LogP contribution in [0.2, 0.25) is 0 Å². The van der Waals surface area contributed by atoms with Gasteiger partial charge in [0.25, 0.3) is 0 Å². The Kier molecular flexibility index (Phi) is 8.69. The van der Waals surface area contributed by atoms with Gasteiger partial charge in [0.1, 0.15) is 0 Å². The third-order valence-electron chi connectivity index (χ3n) is 3.98. The minimum absolute atomic E-state index is 0.194. The van der Waals surface area contributed by atoms with Gasteiger partial charge in [-0.3, -0.25) is 0 Å². The van der Waals surface area contributed by atoms with E-state index in [0.717, 1.165) is 0 Å². The maximum atomic E-state index is 11.8. The van der Waals surface area contributed by atoms with Gasteiger partial charge in [-0.15, -0.1) is 0 Å². The van der Waals surface area contributed by atoms with E-state index in [9.17, 15) is 9.90 Å². The van der Waals surface area contributed by atoms with E-state index in [1.165, 1.54) is 32.1 Å². The Morgan fingerprint density at radius 2 is 1.86 bits per heavy atom. The number of rotatable bonds is 8. The molecule has 0 aromatic carbocycles. The zero-order valence-corrected chi connectivity index (χ0v) is 13.7. The first-order valence-corrected chi connectivity index (χ1v) is 8.29. The summed E-state index contributed by atoms with van der Waals surface area (Å²) in [7, 11) is 0. The van der Waals surface area contributed by atoms with Crippen LogP contribution < -0.4 is 10.6 Å². The quantitative estimate of drug-likeness (QED) is 0.644. The van der Waals surface area contributed by atoms with Crippen molar-refractivity contribution in [2.45, 2.75) is 65.0 Å². The molecule has 1 fully saturated rings. The highest BCUT2D eigenvalue weighted by Gasteiger charge is 2.21. The highest BCUT2D eigenvalue weighted by Crippen LogP contribution is 2.26. The lowest BCUT2D eigenvalue weighted by Crippen LogP contribution is -2.46. The molecule has 1 aliphatic carbocycles. The average Bonchev–Trinajstić information content (AvgIpc) is 2.45. The van der Waals surface area contributed by atoms with Gasteiger partial charge in [-0.25, -0.2) is 4.79 Å². The molecular formula is C16H32N2O3. The number of hydrogen-bond acceptors (Lipinski definition) is 3. The largest absolute Gasteiger partial charge is 0.389 e. The predicted octanol–water partition coefficient (Wildman–Crippen LogP) is 2.29. The lowest BCUT2D eigenvalue weighted by molar-refractivity contribution is 0.0272. The molecule has 21 heavy (non-hydrogen) atoms. The SMILES string of the molecule is CC(C)COCC(O)CNC(=O)NC(C)C1CCCCC1. The fourth-order valence-corrected chi connectivity index (χ4v) is 2.72. The molecule has 3 N–H and O–H groups in total. The molecule has 0 spiro atoms. The van der Waals surface area contributed by atoms with Crippen LogP contribution in [0.1, 0.15) is 52.9 Å². The van der Waals surface area contributed by atoms with E-state index < -0.39 is 6.10 Å². The molecule has 2 amide bonds. The normalized spacial score (nSPS) is 19.3. The molecule has 0 aliphatic heterocycles. The van der Waals surface area contributed by atoms with E-state index in [-0.39, 0.29) is 25.2 Å². The third-order valence-corrected chi connectivity index (χ3v) is 3.98. The lowest BCUT2D eigenvalue weighted by atomic mass is 9.85. The molecule has 0 heterocycles. The van der Waals surface area contributed by atoms with Gasteiger partial charge in [-0.2, -0.15) is 0 Å². The van der Waals surface area contributed by atoms with Crippen LogP contribution in [0.15, 0.2) is 0 Å². The maximum absolute atomic E-state index is 11.8. The minimum atomic E-state index is -0.653. The molecule has 0 aromatic heterocycles. The van der Waals surface area contributed by atoms with E-state index in [2.05, 4.69) is 31.4 Å². The van der Waals surface area contributed by atoms with Crippen LogP contribution >= 0.6 is 0 Å². The van der Waals surface area contributed by atoms with Crippen LogP contribution in [0.4, 0.5) is 4.79 Å². The van der Waals surface area contributed by atoms with E-state index in [4.69, 9.17) is 4.74 Å². The summed E-state index contributed by atoms with van der Waals surface area (Å²) in [6, 6.07) is -0.00406. The zero-order chi connectivity index (χ0) is 15.7. The molecule has 5 heteroatoms. The van der Waals surface area contributed by atoms with E-state index >= 15 is 0 Å². The van der Waals surface area contributed by atoms with E-state index in [1.807, 2.05) is 0 Å². The van der Waals surface area contributed by atoms with Crippen LogP contribution in [-0.2, 0) is 4.74 Å². The number of amides is 2. The van der Waals surface area contributed by atoms with Crippen molar-refractivity contribution in [1.29, 1.82) is 0 Å². The molecule has 0 bridgehead atoms. The smallest absolute Gasteiger partial charge is 0.315 e. The summed E-state index contributed by atoms with van der Waals surface area (Å²) in [6.45, 7) is 7.30. The van der Waals surface area contributed by atoms with Crippen molar-refractivity contribution in [1.82, 2.24) is 10.6 Å². The number of urea groups is 1. The van der Waals surface area contributed by atoms with Crippen molar-refractivity contribution >= 4 is 6.03 Å². The first-order valence-electron chi connectivity index (χ1n) is 8.29. The van der Waals surface area contributed by atoms with Gasteiger partial charge in [-0.05, 0) is 31.6 Å². The minimum Gasteiger partial charge on any atom is -0.389 e. The molecule has 0 aromatic rings. The van der Waals surface area contributed by atoms with Crippen LogP contribution in [-0.4, -0.2) is 43.0 Å². The molecule has 0 saturated heterocycles. The van der Waals surface area contributed by atoms with Crippen LogP contribution in [0, 0.1) is 11.8 Å². The van der Waals surface area contributed by atoms with Crippen molar-refractivity contribution in [3.05, 3.63) is 0 Å². The number of aliphatic hydroxyl groups is 1. The van der Waals surface area contributed by atoms with Gasteiger partial charge >= 0.3 is 6.03 Å². The molecule has 2 atom stereocenters. The number of nitrogens with one attached hydrogen (secondary N) is 2. The molecule has 124 valence electrons. The molecule has 1 rings (SSSR count). The van der Waals surface area contributed by atoms with Crippen LogP contribution in [0.25, 0.3) is 0 Å². The summed E-state index contributed by atoms with van der Waals surface area (Å²) in [6.07, 6.45) is 5.60. The number of carbonyl (C=O) groups is 1. The second-order valence-corrected chi connectivity index (χ2v) is 6.63. The van der Waals surface area contributed by atoms with Gasteiger partial charge < -0.3 is 20.5 Å².